The predicted molar refractivity (Wildman–Crippen MR) is 74.3 cm³/mol. The summed E-state index contributed by atoms with van der Waals surface area (Å²) >= 11 is 1.50. The van der Waals surface area contributed by atoms with E-state index in [2.05, 4.69) is 20.0 Å². The first kappa shape index (κ1) is 16.2. The molecule has 0 fully saturated rings. The van der Waals surface area contributed by atoms with Crippen LogP contribution in [0.1, 0.15) is 45.4 Å². The Bertz CT molecular complexity index is 174. The largest absolute Gasteiger partial charge is 0.417 e. The van der Waals surface area contributed by atoms with Crippen molar-refractivity contribution in [2.45, 2.75) is 58.5 Å². The highest BCUT2D eigenvalue weighted by Crippen LogP contribution is 2.12. The van der Waals surface area contributed by atoms with Crippen LogP contribution >= 0.6 is 11.8 Å². The number of thioether (sulfide) groups is 1. The molecule has 0 aliphatic carbocycles. The highest BCUT2D eigenvalue weighted by molar-refractivity contribution is 8.13. The molecule has 0 N–H and O–H groups in total. The molecule has 0 bridgehead atoms. The summed E-state index contributed by atoms with van der Waals surface area (Å²) in [6, 6.07) is 0. The molecule has 0 aliphatic rings. The average Bonchev–Trinajstić information content (AvgIpc) is 2.23. The van der Waals surface area contributed by atoms with Gasteiger partial charge in [0.15, 0.2) is 5.12 Å². The van der Waals surface area contributed by atoms with Gasteiger partial charge in [-0.3, -0.25) is 4.79 Å². The van der Waals surface area contributed by atoms with Crippen molar-refractivity contribution in [2.24, 2.45) is 0 Å². The first-order valence-corrected chi connectivity index (χ1v) is 9.64. The molecule has 2 nitrogen and oxygen atoms in total. The second-order valence-corrected chi connectivity index (χ2v) is 7.40. The maximum Gasteiger partial charge on any atom is 0.204 e. The van der Waals surface area contributed by atoms with Crippen LogP contribution in [0.3, 0.4) is 0 Å². The lowest BCUT2D eigenvalue weighted by atomic mass is 10.2. The molecular weight excluding hydrogens is 236 g/mol. The van der Waals surface area contributed by atoms with Crippen molar-refractivity contribution in [3.63, 3.8) is 0 Å². The Morgan fingerprint density at radius 2 is 1.94 bits per heavy atom. The van der Waals surface area contributed by atoms with Gasteiger partial charge in [-0.15, -0.1) is 0 Å². The Labute approximate surface area is 106 Å². The van der Waals surface area contributed by atoms with E-state index in [0.29, 0.717) is 5.12 Å². The van der Waals surface area contributed by atoms with E-state index in [9.17, 15) is 4.79 Å². The normalized spacial score (nSPS) is 11.0. The van der Waals surface area contributed by atoms with E-state index in [1.165, 1.54) is 24.6 Å². The van der Waals surface area contributed by atoms with Crippen LogP contribution in [0.5, 0.6) is 0 Å². The molecule has 0 spiro atoms. The topological polar surface area (TPSA) is 26.3 Å². The summed E-state index contributed by atoms with van der Waals surface area (Å²) in [7, 11) is -0.526. The van der Waals surface area contributed by atoms with E-state index in [1.807, 2.05) is 0 Å². The second kappa shape index (κ2) is 11.7. The molecule has 0 rings (SSSR count). The third kappa shape index (κ3) is 12.3. The minimum Gasteiger partial charge on any atom is -0.417 e. The summed E-state index contributed by atoms with van der Waals surface area (Å²) in [5.41, 5.74) is 0. The predicted octanol–water partition coefficient (Wildman–Crippen LogP) is 3.87. The molecule has 0 atom stereocenters. The molecule has 0 amide bonds. The van der Waals surface area contributed by atoms with Gasteiger partial charge in [0.1, 0.15) is 0 Å². The van der Waals surface area contributed by atoms with Gasteiger partial charge in [0.25, 0.3) is 0 Å². The van der Waals surface area contributed by atoms with Crippen molar-refractivity contribution >= 4 is 25.9 Å². The first-order chi connectivity index (χ1) is 7.66. The van der Waals surface area contributed by atoms with Gasteiger partial charge in [-0.1, -0.05) is 31.5 Å². The number of carbonyl (C=O) groups is 1. The van der Waals surface area contributed by atoms with Crippen molar-refractivity contribution in [2.75, 3.05) is 12.4 Å². The van der Waals surface area contributed by atoms with E-state index >= 15 is 0 Å². The Hall–Kier alpha value is 0.197. The van der Waals surface area contributed by atoms with Crippen LogP contribution in [0.15, 0.2) is 0 Å². The SMILES string of the molecule is CCCCCC(=O)SCCCCO[Si](C)C. The number of rotatable bonds is 10. The van der Waals surface area contributed by atoms with Crippen molar-refractivity contribution < 1.29 is 9.22 Å². The van der Waals surface area contributed by atoms with E-state index in [-0.39, 0.29) is 0 Å². The summed E-state index contributed by atoms with van der Waals surface area (Å²) in [5.74, 6) is 0.962. The van der Waals surface area contributed by atoms with Gasteiger partial charge in [0, 0.05) is 18.8 Å². The van der Waals surface area contributed by atoms with Crippen LogP contribution in [0.2, 0.25) is 13.1 Å². The molecule has 0 aromatic carbocycles. The Kier molecular flexibility index (Phi) is 11.8. The lowest BCUT2D eigenvalue weighted by Crippen LogP contribution is -2.08. The van der Waals surface area contributed by atoms with E-state index in [4.69, 9.17) is 4.43 Å². The van der Waals surface area contributed by atoms with E-state index < -0.39 is 9.04 Å². The molecule has 0 unspecified atom stereocenters. The van der Waals surface area contributed by atoms with Crippen molar-refractivity contribution in [3.8, 4) is 0 Å². The third-order valence-electron chi connectivity index (χ3n) is 2.18. The Balaban J connectivity index is 3.15. The van der Waals surface area contributed by atoms with Crippen molar-refractivity contribution in [1.82, 2.24) is 0 Å². The number of hydrogen-bond donors (Lipinski definition) is 0. The first-order valence-electron chi connectivity index (χ1n) is 6.25. The van der Waals surface area contributed by atoms with Crippen molar-refractivity contribution in [3.05, 3.63) is 0 Å². The monoisotopic (exact) mass is 261 g/mol. The van der Waals surface area contributed by atoms with Crippen LogP contribution in [0.25, 0.3) is 0 Å². The fraction of sp³-hybridized carbons (Fsp3) is 0.917. The minimum absolute atomic E-state index is 0.366. The van der Waals surface area contributed by atoms with Gasteiger partial charge in [-0.05, 0) is 32.4 Å². The molecule has 0 heterocycles. The fourth-order valence-corrected chi connectivity index (χ4v) is 2.68. The summed E-state index contributed by atoms with van der Waals surface area (Å²) in [4.78, 5) is 11.4. The molecule has 0 aliphatic heterocycles. The van der Waals surface area contributed by atoms with E-state index in [0.717, 1.165) is 38.0 Å². The van der Waals surface area contributed by atoms with Gasteiger partial charge >= 0.3 is 0 Å². The zero-order valence-corrected chi connectivity index (χ0v) is 12.7. The summed E-state index contributed by atoms with van der Waals surface area (Å²) in [5, 5.41) is 0.366. The average molecular weight is 261 g/mol. The minimum atomic E-state index is -0.526. The quantitative estimate of drug-likeness (QED) is 0.441. The smallest absolute Gasteiger partial charge is 0.204 e. The van der Waals surface area contributed by atoms with E-state index in [1.54, 1.807) is 0 Å². The van der Waals surface area contributed by atoms with Gasteiger partial charge in [0.2, 0.25) is 9.04 Å². The maximum absolute atomic E-state index is 11.4. The summed E-state index contributed by atoms with van der Waals surface area (Å²) < 4.78 is 5.54. The molecule has 1 radical (unpaired) electrons. The molecule has 0 saturated heterocycles. The molecule has 0 aromatic rings. The van der Waals surface area contributed by atoms with Crippen molar-refractivity contribution in [1.29, 1.82) is 0 Å². The Morgan fingerprint density at radius 1 is 1.19 bits per heavy atom. The van der Waals surface area contributed by atoms with Crippen LogP contribution in [-0.2, 0) is 9.22 Å². The lowest BCUT2D eigenvalue weighted by Gasteiger charge is -2.05. The van der Waals surface area contributed by atoms with Gasteiger partial charge in [0.05, 0.1) is 0 Å². The molecule has 0 aromatic heterocycles. The van der Waals surface area contributed by atoms with Gasteiger partial charge in [-0.2, -0.15) is 0 Å². The molecule has 4 heteroatoms. The maximum atomic E-state index is 11.4. The summed E-state index contributed by atoms with van der Waals surface area (Å²) in [6.45, 7) is 7.33. The number of carbonyl (C=O) groups excluding carboxylic acids is 1. The second-order valence-electron chi connectivity index (χ2n) is 4.14. The van der Waals surface area contributed by atoms with Gasteiger partial charge < -0.3 is 4.43 Å². The van der Waals surface area contributed by atoms with Crippen LogP contribution in [0, 0.1) is 0 Å². The molecule has 0 saturated carbocycles. The lowest BCUT2D eigenvalue weighted by molar-refractivity contribution is -0.111. The zero-order chi connectivity index (χ0) is 12.2. The molecular formula is C12H25O2SSi. The fourth-order valence-electron chi connectivity index (χ4n) is 1.26. The number of unbranched alkanes of at least 4 members (excludes halogenated alkanes) is 3. The zero-order valence-electron chi connectivity index (χ0n) is 10.9. The Morgan fingerprint density at radius 3 is 2.56 bits per heavy atom. The van der Waals surface area contributed by atoms with Crippen LogP contribution in [0.4, 0.5) is 0 Å². The van der Waals surface area contributed by atoms with Crippen LogP contribution in [-0.4, -0.2) is 26.5 Å². The van der Waals surface area contributed by atoms with Gasteiger partial charge in [-0.25, -0.2) is 0 Å². The summed E-state index contributed by atoms with van der Waals surface area (Å²) in [6.07, 6.45) is 6.37. The third-order valence-corrected chi connectivity index (χ3v) is 3.98. The standard InChI is InChI=1S/C12H25O2SSi/c1-4-5-6-9-12(13)15-11-8-7-10-14-16(2)3/h4-11H2,1-3H3. The number of hydrogen-bond acceptors (Lipinski definition) is 3. The highest BCUT2D eigenvalue weighted by atomic mass is 32.2. The van der Waals surface area contributed by atoms with Crippen LogP contribution < -0.4 is 0 Å². The molecule has 95 valence electrons. The molecule has 16 heavy (non-hydrogen) atoms. The highest BCUT2D eigenvalue weighted by Gasteiger charge is 2.02.